The third kappa shape index (κ3) is 5.41. The van der Waals surface area contributed by atoms with Crippen molar-refractivity contribution in [2.24, 2.45) is 0 Å². The number of halogens is 3. The lowest BCUT2D eigenvalue weighted by Gasteiger charge is -2.18. The Balaban J connectivity index is 2.06. The fourth-order valence-corrected chi connectivity index (χ4v) is 2.42. The highest BCUT2D eigenvalue weighted by atomic mass is 19.4. The van der Waals surface area contributed by atoms with Gasteiger partial charge >= 0.3 is 12.3 Å². The van der Waals surface area contributed by atoms with Crippen molar-refractivity contribution in [3.8, 4) is 5.75 Å². The fourth-order valence-electron chi connectivity index (χ4n) is 2.42. The Labute approximate surface area is 143 Å². The predicted octanol–water partition coefficient (Wildman–Crippen LogP) is 4.66. The molecule has 1 unspecified atom stereocenters. The van der Waals surface area contributed by atoms with Gasteiger partial charge in [-0.05, 0) is 29.3 Å². The summed E-state index contributed by atoms with van der Waals surface area (Å²) in [5.74, 6) is 0.0177. The summed E-state index contributed by atoms with van der Waals surface area (Å²) in [6.45, 7) is 2.19. The third-order valence-corrected chi connectivity index (χ3v) is 3.68. The van der Waals surface area contributed by atoms with E-state index in [9.17, 15) is 18.0 Å². The van der Waals surface area contributed by atoms with Gasteiger partial charge in [0.2, 0.25) is 0 Å². The fraction of sp³-hybridized carbons (Fsp3) is 0.278. The van der Waals surface area contributed by atoms with Crippen LogP contribution in [0, 0.1) is 0 Å². The molecule has 0 saturated carbocycles. The zero-order valence-corrected chi connectivity index (χ0v) is 13.5. The number of alkyl halides is 3. The van der Waals surface area contributed by atoms with Crippen molar-refractivity contribution < 1.29 is 27.8 Å². The minimum atomic E-state index is -4.42. The second-order valence-corrected chi connectivity index (χ2v) is 5.60. The Hall–Kier alpha value is -2.70. The smallest absolute Gasteiger partial charge is 0.416 e. The highest BCUT2D eigenvalue weighted by Gasteiger charge is 2.30. The largest absolute Gasteiger partial charge is 0.493 e. The lowest BCUT2D eigenvalue weighted by atomic mass is 9.96. The molecular formula is C18H18F3NO3. The number of hydrogen-bond acceptors (Lipinski definition) is 2. The molecule has 0 fully saturated rings. The maximum absolute atomic E-state index is 12.7. The molecule has 2 aromatic carbocycles. The van der Waals surface area contributed by atoms with Gasteiger partial charge < -0.3 is 15.2 Å². The Morgan fingerprint density at radius 1 is 1.20 bits per heavy atom. The molecule has 2 rings (SSSR count). The second kappa shape index (κ2) is 7.92. The van der Waals surface area contributed by atoms with Crippen LogP contribution in [0.2, 0.25) is 0 Å². The first-order chi connectivity index (χ1) is 11.8. The molecule has 2 N–H and O–H groups in total. The number of carboxylic acid groups (broad SMARTS) is 1. The van der Waals surface area contributed by atoms with Crippen molar-refractivity contribution in [3.63, 3.8) is 0 Å². The molecule has 25 heavy (non-hydrogen) atoms. The van der Waals surface area contributed by atoms with E-state index in [0.29, 0.717) is 0 Å². The summed E-state index contributed by atoms with van der Waals surface area (Å²) in [7, 11) is 0. The Kier molecular flexibility index (Phi) is 5.90. The number of ether oxygens (including phenoxy) is 1. The van der Waals surface area contributed by atoms with Crippen molar-refractivity contribution in [1.82, 2.24) is 5.32 Å². The molecule has 1 amide bonds. The third-order valence-electron chi connectivity index (χ3n) is 3.68. The molecule has 0 heterocycles. The Morgan fingerprint density at radius 2 is 1.92 bits per heavy atom. The molecule has 0 saturated heterocycles. The molecule has 0 aliphatic rings. The van der Waals surface area contributed by atoms with E-state index >= 15 is 0 Å². The number of amides is 1. The van der Waals surface area contributed by atoms with Gasteiger partial charge in [-0.25, -0.2) is 4.79 Å². The molecule has 0 aromatic heterocycles. The van der Waals surface area contributed by atoms with Crippen LogP contribution >= 0.6 is 0 Å². The van der Waals surface area contributed by atoms with Gasteiger partial charge in [-0.3, -0.25) is 0 Å². The quantitative estimate of drug-likeness (QED) is 0.794. The van der Waals surface area contributed by atoms with Crippen LogP contribution in [0.5, 0.6) is 5.75 Å². The summed E-state index contributed by atoms with van der Waals surface area (Å²) in [6, 6.07) is 12.0. The molecule has 2 aromatic rings. The summed E-state index contributed by atoms with van der Waals surface area (Å²) in [5, 5.41) is 11.0. The van der Waals surface area contributed by atoms with Crippen LogP contribution < -0.4 is 10.1 Å². The Morgan fingerprint density at radius 3 is 2.60 bits per heavy atom. The minimum absolute atomic E-state index is 0.124. The lowest BCUT2D eigenvalue weighted by molar-refractivity contribution is -0.137. The Bertz CT molecular complexity index is 732. The van der Waals surface area contributed by atoms with Crippen LogP contribution in [0.25, 0.3) is 0 Å². The van der Waals surface area contributed by atoms with E-state index < -0.39 is 17.8 Å². The monoisotopic (exact) mass is 353 g/mol. The number of benzene rings is 2. The molecule has 134 valence electrons. The van der Waals surface area contributed by atoms with Gasteiger partial charge in [0.1, 0.15) is 5.75 Å². The van der Waals surface area contributed by atoms with Gasteiger partial charge in [0, 0.05) is 12.5 Å². The van der Waals surface area contributed by atoms with Gasteiger partial charge in [-0.15, -0.1) is 0 Å². The standard InChI is InChI=1S/C18H18F3NO3/c1-12(16-8-3-2-5-13(16)10-22-17(23)24)11-25-15-7-4-6-14(9-15)18(19,20)21/h2-9,12,22H,10-11H2,1H3,(H,23,24). The van der Waals surface area contributed by atoms with E-state index in [0.717, 1.165) is 23.3 Å². The van der Waals surface area contributed by atoms with Crippen molar-refractivity contribution in [2.75, 3.05) is 6.61 Å². The van der Waals surface area contributed by atoms with Crippen LogP contribution in [0.3, 0.4) is 0 Å². The van der Waals surface area contributed by atoms with Gasteiger partial charge in [0.25, 0.3) is 0 Å². The van der Waals surface area contributed by atoms with Gasteiger partial charge in [-0.1, -0.05) is 37.3 Å². The minimum Gasteiger partial charge on any atom is -0.493 e. The highest BCUT2D eigenvalue weighted by molar-refractivity contribution is 5.64. The number of hydrogen-bond donors (Lipinski definition) is 2. The molecule has 1 atom stereocenters. The zero-order chi connectivity index (χ0) is 18.4. The SMILES string of the molecule is CC(COc1cccc(C(F)(F)F)c1)c1ccccc1CNC(=O)O. The van der Waals surface area contributed by atoms with E-state index in [1.54, 1.807) is 12.1 Å². The molecule has 0 bridgehead atoms. The molecule has 4 nitrogen and oxygen atoms in total. The average Bonchev–Trinajstić information content (AvgIpc) is 2.57. The second-order valence-electron chi connectivity index (χ2n) is 5.60. The van der Waals surface area contributed by atoms with E-state index in [-0.39, 0.29) is 24.8 Å². The average molecular weight is 353 g/mol. The van der Waals surface area contributed by atoms with Crippen molar-refractivity contribution >= 4 is 6.09 Å². The highest BCUT2D eigenvalue weighted by Crippen LogP contribution is 2.31. The van der Waals surface area contributed by atoms with Crippen LogP contribution in [0.1, 0.15) is 29.5 Å². The van der Waals surface area contributed by atoms with Gasteiger partial charge in [-0.2, -0.15) is 13.2 Å². The molecule has 0 spiro atoms. The van der Waals surface area contributed by atoms with Crippen LogP contribution in [-0.4, -0.2) is 17.8 Å². The first kappa shape index (κ1) is 18.6. The summed E-state index contributed by atoms with van der Waals surface area (Å²) >= 11 is 0. The maximum Gasteiger partial charge on any atom is 0.416 e. The van der Waals surface area contributed by atoms with E-state index in [1.807, 2.05) is 19.1 Å². The number of carbonyl (C=O) groups is 1. The molecular weight excluding hydrogens is 335 g/mol. The van der Waals surface area contributed by atoms with Crippen molar-refractivity contribution in [1.29, 1.82) is 0 Å². The van der Waals surface area contributed by atoms with Crippen LogP contribution in [0.4, 0.5) is 18.0 Å². The molecule has 0 aliphatic heterocycles. The molecule has 7 heteroatoms. The maximum atomic E-state index is 12.7. The van der Waals surface area contributed by atoms with E-state index in [1.165, 1.54) is 12.1 Å². The predicted molar refractivity (Wildman–Crippen MR) is 86.7 cm³/mol. The summed E-state index contributed by atoms with van der Waals surface area (Å²) in [5.41, 5.74) is 0.914. The van der Waals surface area contributed by atoms with Crippen LogP contribution in [0.15, 0.2) is 48.5 Å². The van der Waals surface area contributed by atoms with Gasteiger partial charge in [0.05, 0.1) is 12.2 Å². The van der Waals surface area contributed by atoms with E-state index in [2.05, 4.69) is 5.32 Å². The summed E-state index contributed by atoms with van der Waals surface area (Å²) < 4.78 is 43.7. The van der Waals surface area contributed by atoms with Crippen molar-refractivity contribution in [2.45, 2.75) is 25.6 Å². The number of rotatable bonds is 6. The summed E-state index contributed by atoms with van der Waals surface area (Å²) in [4.78, 5) is 10.6. The normalized spacial score (nSPS) is 12.5. The van der Waals surface area contributed by atoms with E-state index in [4.69, 9.17) is 9.84 Å². The first-order valence-corrected chi connectivity index (χ1v) is 7.62. The first-order valence-electron chi connectivity index (χ1n) is 7.62. The lowest BCUT2D eigenvalue weighted by Crippen LogP contribution is -2.21. The molecule has 0 radical (unpaired) electrons. The van der Waals surface area contributed by atoms with Crippen molar-refractivity contribution in [3.05, 3.63) is 65.2 Å². The summed E-state index contributed by atoms with van der Waals surface area (Å²) in [6.07, 6.45) is -5.54. The van der Waals surface area contributed by atoms with Gasteiger partial charge in [0.15, 0.2) is 0 Å². The number of nitrogens with one attached hydrogen (secondary N) is 1. The van der Waals surface area contributed by atoms with Crippen LogP contribution in [-0.2, 0) is 12.7 Å². The molecule has 0 aliphatic carbocycles. The zero-order valence-electron chi connectivity index (χ0n) is 13.5. The topological polar surface area (TPSA) is 58.6 Å².